The highest BCUT2D eigenvalue weighted by Crippen LogP contribution is 2.30. The van der Waals surface area contributed by atoms with Crippen LogP contribution in [0.4, 0.5) is 11.4 Å². The first-order valence-corrected chi connectivity index (χ1v) is 10.1. The van der Waals surface area contributed by atoms with Crippen LogP contribution in [0.5, 0.6) is 0 Å². The second kappa shape index (κ2) is 8.87. The lowest BCUT2D eigenvalue weighted by atomic mass is 10.1. The average molecular weight is 411 g/mol. The van der Waals surface area contributed by atoms with Crippen LogP contribution in [-0.2, 0) is 11.2 Å². The van der Waals surface area contributed by atoms with Crippen molar-refractivity contribution in [2.24, 2.45) is 0 Å². The van der Waals surface area contributed by atoms with Crippen LogP contribution in [-0.4, -0.2) is 31.8 Å². The summed E-state index contributed by atoms with van der Waals surface area (Å²) >= 11 is 1.16. The van der Waals surface area contributed by atoms with Gasteiger partial charge in [0.25, 0.3) is 5.69 Å². The molecule has 9 heteroatoms. The van der Waals surface area contributed by atoms with Crippen LogP contribution in [0.3, 0.4) is 0 Å². The van der Waals surface area contributed by atoms with Crippen LogP contribution < -0.4 is 5.32 Å². The molecular weight excluding hydrogens is 390 g/mol. The normalized spacial score (nSPS) is 10.7. The number of carbonyl (C=O) groups is 1. The van der Waals surface area contributed by atoms with Gasteiger partial charge in [-0.05, 0) is 37.0 Å². The molecule has 0 aliphatic rings. The largest absolute Gasteiger partial charge is 0.319 e. The van der Waals surface area contributed by atoms with E-state index in [4.69, 9.17) is 0 Å². The number of rotatable bonds is 7. The first-order valence-electron chi connectivity index (χ1n) is 9.08. The highest BCUT2D eigenvalue weighted by atomic mass is 32.2. The van der Waals surface area contributed by atoms with E-state index in [0.717, 1.165) is 29.3 Å². The summed E-state index contributed by atoms with van der Waals surface area (Å²) < 4.78 is 0. The summed E-state index contributed by atoms with van der Waals surface area (Å²) in [4.78, 5) is 27.5. The molecule has 0 spiro atoms. The van der Waals surface area contributed by atoms with E-state index >= 15 is 0 Å². The number of hydrogen-bond donors (Lipinski definition) is 2. The molecule has 0 fully saturated rings. The molecule has 8 nitrogen and oxygen atoms in total. The molecule has 3 aromatic rings. The highest BCUT2D eigenvalue weighted by molar-refractivity contribution is 7.99. The Kier molecular flexibility index (Phi) is 6.28. The number of thioether (sulfide) groups is 1. The van der Waals surface area contributed by atoms with Crippen molar-refractivity contribution in [1.29, 1.82) is 0 Å². The predicted molar refractivity (Wildman–Crippen MR) is 113 cm³/mol. The molecule has 0 saturated heterocycles. The lowest BCUT2D eigenvalue weighted by Gasteiger charge is -2.10. The van der Waals surface area contributed by atoms with Crippen LogP contribution in [0.15, 0.2) is 41.6 Å². The fourth-order valence-corrected chi connectivity index (χ4v) is 3.35. The highest BCUT2D eigenvalue weighted by Gasteiger charge is 2.19. The van der Waals surface area contributed by atoms with Gasteiger partial charge in [0.15, 0.2) is 5.82 Å². The second-order valence-electron chi connectivity index (χ2n) is 6.51. The average Bonchev–Trinajstić information content (AvgIpc) is 3.19. The van der Waals surface area contributed by atoms with Crippen LogP contribution in [0.2, 0.25) is 0 Å². The minimum atomic E-state index is -0.499. The quantitative estimate of drug-likeness (QED) is 0.341. The van der Waals surface area contributed by atoms with Gasteiger partial charge in [-0.25, -0.2) is 4.98 Å². The third-order valence-corrected chi connectivity index (χ3v) is 5.46. The summed E-state index contributed by atoms with van der Waals surface area (Å²) in [7, 11) is 0. The molecule has 1 heterocycles. The van der Waals surface area contributed by atoms with E-state index in [2.05, 4.69) is 27.4 Å². The maximum absolute atomic E-state index is 12.4. The van der Waals surface area contributed by atoms with E-state index in [9.17, 15) is 14.9 Å². The molecule has 3 rings (SSSR count). The molecule has 29 heavy (non-hydrogen) atoms. The zero-order chi connectivity index (χ0) is 21.0. The van der Waals surface area contributed by atoms with Gasteiger partial charge in [-0.15, -0.1) is 5.10 Å². The zero-order valence-corrected chi connectivity index (χ0v) is 17.2. The van der Waals surface area contributed by atoms with E-state index < -0.39 is 4.92 Å². The molecule has 2 N–H and O–H groups in total. The van der Waals surface area contributed by atoms with Gasteiger partial charge in [0.2, 0.25) is 11.1 Å². The Morgan fingerprint density at radius 3 is 2.59 bits per heavy atom. The molecular formula is C20H21N5O3S. The fourth-order valence-electron chi connectivity index (χ4n) is 2.76. The summed E-state index contributed by atoms with van der Waals surface area (Å²) in [6.07, 6.45) is 0.964. The van der Waals surface area contributed by atoms with Crippen molar-refractivity contribution < 1.29 is 9.72 Å². The van der Waals surface area contributed by atoms with Crippen molar-refractivity contribution in [2.75, 3.05) is 11.1 Å². The molecule has 1 amide bonds. The Balaban J connectivity index is 1.65. The monoisotopic (exact) mass is 411 g/mol. The summed E-state index contributed by atoms with van der Waals surface area (Å²) in [5.74, 6) is 0.308. The molecule has 0 bridgehead atoms. The lowest BCUT2D eigenvalue weighted by molar-refractivity contribution is -0.384. The Labute approximate surface area is 172 Å². The van der Waals surface area contributed by atoms with Crippen molar-refractivity contribution >= 4 is 29.0 Å². The van der Waals surface area contributed by atoms with Crippen molar-refractivity contribution in [1.82, 2.24) is 15.2 Å². The first kappa shape index (κ1) is 20.5. The van der Waals surface area contributed by atoms with Crippen molar-refractivity contribution in [3.8, 4) is 11.4 Å². The van der Waals surface area contributed by atoms with Gasteiger partial charge < -0.3 is 5.32 Å². The number of nitrogens with zero attached hydrogens (tertiary/aromatic N) is 3. The number of aryl methyl sites for hydroxylation is 2. The van der Waals surface area contributed by atoms with Gasteiger partial charge in [-0.2, -0.15) is 0 Å². The Bertz CT molecular complexity index is 1050. The fraction of sp³-hybridized carbons (Fsp3) is 0.250. The van der Waals surface area contributed by atoms with Crippen LogP contribution in [0.1, 0.15) is 23.6 Å². The number of aromatic amines is 1. The number of H-pyrrole nitrogens is 1. The minimum absolute atomic E-state index is 0.0383. The molecule has 0 aliphatic carbocycles. The number of nitro groups is 1. The van der Waals surface area contributed by atoms with Gasteiger partial charge >= 0.3 is 0 Å². The summed E-state index contributed by atoms with van der Waals surface area (Å²) in [6, 6.07) is 11.1. The second-order valence-corrected chi connectivity index (χ2v) is 7.46. The van der Waals surface area contributed by atoms with Crippen LogP contribution in [0.25, 0.3) is 11.4 Å². The smallest absolute Gasteiger partial charge is 0.293 e. The molecule has 2 aromatic carbocycles. The topological polar surface area (TPSA) is 114 Å². The molecule has 0 radical (unpaired) electrons. The maximum Gasteiger partial charge on any atom is 0.293 e. The molecule has 0 atom stereocenters. The third-order valence-electron chi connectivity index (χ3n) is 4.61. The van der Waals surface area contributed by atoms with E-state index in [1.165, 1.54) is 11.6 Å². The Hall–Kier alpha value is -3.20. The van der Waals surface area contributed by atoms with E-state index in [1.807, 2.05) is 31.2 Å². The number of amides is 1. The van der Waals surface area contributed by atoms with Crippen molar-refractivity contribution in [3.63, 3.8) is 0 Å². The van der Waals surface area contributed by atoms with Gasteiger partial charge in [0.05, 0.1) is 10.7 Å². The first-order chi connectivity index (χ1) is 13.9. The summed E-state index contributed by atoms with van der Waals surface area (Å²) in [5, 5.41) is 21.3. The van der Waals surface area contributed by atoms with Gasteiger partial charge in [-0.3, -0.25) is 20.0 Å². The van der Waals surface area contributed by atoms with Crippen molar-refractivity contribution in [2.45, 2.75) is 32.3 Å². The molecule has 0 aliphatic heterocycles. The summed E-state index contributed by atoms with van der Waals surface area (Å²) in [6.45, 7) is 5.68. The molecule has 0 unspecified atom stereocenters. The zero-order valence-electron chi connectivity index (χ0n) is 16.4. The van der Waals surface area contributed by atoms with Crippen molar-refractivity contribution in [3.05, 3.63) is 63.2 Å². The number of carbonyl (C=O) groups excluding carboxylic acids is 1. The summed E-state index contributed by atoms with van der Waals surface area (Å²) in [5.41, 5.74) is 3.80. The van der Waals surface area contributed by atoms with Crippen LogP contribution >= 0.6 is 11.8 Å². The Morgan fingerprint density at radius 2 is 1.93 bits per heavy atom. The van der Waals surface area contributed by atoms with Gasteiger partial charge in [0, 0.05) is 11.6 Å². The Morgan fingerprint density at radius 1 is 1.21 bits per heavy atom. The third kappa shape index (κ3) is 4.80. The number of nitro benzene ring substituents is 1. The van der Waals surface area contributed by atoms with Gasteiger partial charge in [-0.1, -0.05) is 49.0 Å². The lowest BCUT2D eigenvalue weighted by Crippen LogP contribution is -2.16. The van der Waals surface area contributed by atoms with E-state index in [0.29, 0.717) is 16.5 Å². The number of nitrogens with one attached hydrogen (secondary N) is 2. The molecule has 0 saturated carbocycles. The van der Waals surface area contributed by atoms with E-state index in [1.54, 1.807) is 13.0 Å². The number of hydrogen-bond acceptors (Lipinski definition) is 6. The van der Waals surface area contributed by atoms with Crippen LogP contribution in [0, 0.1) is 24.0 Å². The molecule has 150 valence electrons. The minimum Gasteiger partial charge on any atom is -0.319 e. The number of aromatic nitrogens is 3. The SMILES string of the molecule is CCc1ccc(-c2nc(SCC(=O)Nc3c([N+](=O)[O-])ccc(C)c3C)n[nH]2)cc1. The standard InChI is InChI=1S/C20H21N5O3S/c1-4-14-6-8-15(9-7-14)19-22-20(24-23-19)29-11-17(26)21-18-13(3)12(2)5-10-16(18)25(27)28/h5-10H,4,11H2,1-3H3,(H,21,26)(H,22,23,24). The number of benzene rings is 2. The predicted octanol–water partition coefficient (Wildman–Crippen LogP) is 4.29. The van der Waals surface area contributed by atoms with E-state index in [-0.39, 0.29) is 23.0 Å². The van der Waals surface area contributed by atoms with Gasteiger partial charge in [0.1, 0.15) is 5.69 Å². The number of anilines is 1. The molecule has 1 aromatic heterocycles. The maximum atomic E-state index is 12.4.